The minimum absolute atomic E-state index is 0.0910. The first-order valence-corrected chi connectivity index (χ1v) is 9.65. The van der Waals surface area contributed by atoms with Gasteiger partial charge in [-0.15, -0.1) is 0 Å². The molecule has 0 aromatic carbocycles. The lowest BCUT2D eigenvalue weighted by Crippen LogP contribution is -2.30. The number of nitrogens with zero attached hydrogens (tertiary/aromatic N) is 2. The van der Waals surface area contributed by atoms with Crippen LogP contribution < -0.4 is 15.7 Å². The van der Waals surface area contributed by atoms with Gasteiger partial charge < -0.3 is 14.8 Å². The van der Waals surface area contributed by atoms with E-state index in [2.05, 4.69) is 36.0 Å². The number of allylic oxidation sites excluding steroid dienone is 4. The molecule has 27 heavy (non-hydrogen) atoms. The Balaban J connectivity index is 1.85. The monoisotopic (exact) mass is 371 g/mol. The van der Waals surface area contributed by atoms with Gasteiger partial charge in [0.25, 0.3) is 0 Å². The molecule has 1 N–H and O–H groups in total. The van der Waals surface area contributed by atoms with Gasteiger partial charge in [0.05, 0.1) is 11.8 Å². The van der Waals surface area contributed by atoms with E-state index in [9.17, 15) is 4.79 Å². The van der Waals surface area contributed by atoms with E-state index in [0.29, 0.717) is 19.0 Å². The second kappa shape index (κ2) is 9.15. The number of nitrogens with one attached hydrogen (secondary N) is 1. The second-order valence-electron chi connectivity index (χ2n) is 7.16. The molecule has 0 bridgehead atoms. The number of rotatable bonds is 7. The maximum absolute atomic E-state index is 12.5. The first-order chi connectivity index (χ1) is 13.1. The molecule has 1 unspecified atom stereocenters. The molecular formula is C21H29N3O3. The summed E-state index contributed by atoms with van der Waals surface area (Å²) in [5, 5.41) is 3.15. The molecule has 0 aliphatic carbocycles. The molecule has 6 heteroatoms. The van der Waals surface area contributed by atoms with Crippen LogP contribution in [-0.2, 0) is 11.3 Å². The molecular weight excluding hydrogens is 342 g/mol. The highest BCUT2D eigenvalue weighted by Gasteiger charge is 2.21. The largest absolute Gasteiger partial charge is 0.475 e. The average molecular weight is 371 g/mol. The maximum Gasteiger partial charge on any atom is 0.351 e. The van der Waals surface area contributed by atoms with E-state index in [-0.39, 0.29) is 11.8 Å². The molecule has 6 nitrogen and oxygen atoms in total. The van der Waals surface area contributed by atoms with E-state index in [1.54, 1.807) is 4.57 Å². The van der Waals surface area contributed by atoms with Gasteiger partial charge in [0.15, 0.2) is 0 Å². The third-order valence-electron chi connectivity index (χ3n) is 5.03. The lowest BCUT2D eigenvalue weighted by Gasteiger charge is -2.23. The lowest BCUT2D eigenvalue weighted by atomic mass is 9.96. The molecule has 2 aliphatic heterocycles. The summed E-state index contributed by atoms with van der Waals surface area (Å²) in [7, 11) is 1.95. The molecule has 0 saturated carbocycles. The molecule has 1 atom stereocenters. The van der Waals surface area contributed by atoms with Crippen molar-refractivity contribution in [2.45, 2.75) is 45.3 Å². The Hall–Kier alpha value is -2.18. The highest BCUT2D eigenvalue weighted by molar-refractivity contribution is 5.79. The van der Waals surface area contributed by atoms with E-state index in [4.69, 9.17) is 9.47 Å². The van der Waals surface area contributed by atoms with Crippen LogP contribution in [0.15, 0.2) is 40.7 Å². The third-order valence-corrected chi connectivity index (χ3v) is 5.03. The van der Waals surface area contributed by atoms with Crippen LogP contribution in [0.3, 0.4) is 0 Å². The van der Waals surface area contributed by atoms with Crippen LogP contribution in [0.4, 0.5) is 0 Å². The Kier molecular flexibility index (Phi) is 6.63. The molecule has 1 aromatic heterocycles. The Morgan fingerprint density at radius 3 is 3.15 bits per heavy atom. The summed E-state index contributed by atoms with van der Waals surface area (Å²) in [6, 6.07) is 1.85. The van der Waals surface area contributed by atoms with Crippen LogP contribution in [-0.4, -0.2) is 42.5 Å². The summed E-state index contributed by atoms with van der Waals surface area (Å²) in [5.41, 5.74) is 3.83. The second-order valence-corrected chi connectivity index (χ2v) is 7.16. The van der Waals surface area contributed by atoms with E-state index >= 15 is 0 Å². The summed E-state index contributed by atoms with van der Waals surface area (Å²) in [4.78, 5) is 16.6. The van der Waals surface area contributed by atoms with Gasteiger partial charge in [-0.1, -0.05) is 24.3 Å². The van der Waals surface area contributed by atoms with Crippen LogP contribution in [0.1, 0.15) is 38.3 Å². The first-order valence-electron chi connectivity index (χ1n) is 9.65. The van der Waals surface area contributed by atoms with Gasteiger partial charge in [0.1, 0.15) is 6.61 Å². The number of hydrogen-bond donors (Lipinski definition) is 1. The van der Waals surface area contributed by atoms with Crippen molar-refractivity contribution in [3.8, 4) is 5.88 Å². The summed E-state index contributed by atoms with van der Waals surface area (Å²) in [6.45, 7) is 9.05. The Morgan fingerprint density at radius 2 is 2.41 bits per heavy atom. The van der Waals surface area contributed by atoms with Crippen molar-refractivity contribution >= 4 is 5.57 Å². The molecule has 0 spiro atoms. The molecule has 0 radical (unpaired) electrons. The number of hydrogen-bond acceptors (Lipinski definition) is 5. The molecule has 0 amide bonds. The predicted octanol–water partition coefficient (Wildman–Crippen LogP) is 2.70. The third kappa shape index (κ3) is 4.96. The fraction of sp³-hybridized carbons (Fsp3) is 0.524. The Bertz CT molecular complexity index is 801. The fourth-order valence-electron chi connectivity index (χ4n) is 3.35. The maximum atomic E-state index is 12.5. The van der Waals surface area contributed by atoms with Gasteiger partial charge in [-0.3, -0.25) is 4.57 Å². The van der Waals surface area contributed by atoms with Gasteiger partial charge >= 0.3 is 5.69 Å². The normalized spacial score (nSPS) is 21.6. The highest BCUT2D eigenvalue weighted by Crippen LogP contribution is 2.30. The number of aromatic nitrogens is 2. The first kappa shape index (κ1) is 19.6. The van der Waals surface area contributed by atoms with Crippen molar-refractivity contribution in [1.82, 2.24) is 14.9 Å². The molecule has 146 valence electrons. The minimum Gasteiger partial charge on any atom is -0.475 e. The van der Waals surface area contributed by atoms with E-state index in [1.165, 1.54) is 5.57 Å². The zero-order valence-electron chi connectivity index (χ0n) is 16.3. The Morgan fingerprint density at radius 1 is 1.56 bits per heavy atom. The molecule has 2 aliphatic rings. The summed E-state index contributed by atoms with van der Waals surface area (Å²) >= 11 is 0. The van der Waals surface area contributed by atoms with Crippen LogP contribution in [0.25, 0.3) is 5.57 Å². The standard InChI is InChI=1S/C21H29N3O3/c1-15(8-10-22-3)6-7-18-16(2)9-11-24-19(18)13-20(23-21(24)25)27-14-17-5-4-12-26-17/h6-7,13,17,22H,2,4-5,8-12,14H2,1,3H3/b15-6+,18-7+. The van der Waals surface area contributed by atoms with Crippen molar-refractivity contribution in [1.29, 1.82) is 0 Å². The van der Waals surface area contributed by atoms with E-state index in [1.807, 2.05) is 13.1 Å². The molecule has 1 saturated heterocycles. The van der Waals surface area contributed by atoms with Gasteiger partial charge in [-0.2, -0.15) is 4.98 Å². The van der Waals surface area contributed by atoms with Crippen molar-refractivity contribution in [2.75, 3.05) is 26.8 Å². The van der Waals surface area contributed by atoms with Crippen molar-refractivity contribution < 1.29 is 9.47 Å². The zero-order valence-corrected chi connectivity index (χ0v) is 16.3. The lowest BCUT2D eigenvalue weighted by molar-refractivity contribution is 0.0661. The van der Waals surface area contributed by atoms with Crippen LogP contribution in [0.2, 0.25) is 0 Å². The molecule has 1 aromatic rings. The highest BCUT2D eigenvalue weighted by atomic mass is 16.5. The van der Waals surface area contributed by atoms with Crippen molar-refractivity contribution in [3.05, 3.63) is 52.1 Å². The Labute approximate surface area is 160 Å². The zero-order chi connectivity index (χ0) is 19.2. The molecule has 3 heterocycles. The number of ether oxygens (including phenoxy) is 2. The summed E-state index contributed by atoms with van der Waals surface area (Å²) in [5.74, 6) is 0.359. The van der Waals surface area contributed by atoms with E-state index < -0.39 is 0 Å². The summed E-state index contributed by atoms with van der Waals surface area (Å²) < 4.78 is 13.1. The van der Waals surface area contributed by atoms with Gasteiger partial charge in [-0.05, 0) is 51.8 Å². The van der Waals surface area contributed by atoms with Crippen molar-refractivity contribution in [2.24, 2.45) is 0 Å². The van der Waals surface area contributed by atoms with Crippen LogP contribution in [0, 0.1) is 0 Å². The van der Waals surface area contributed by atoms with E-state index in [0.717, 1.165) is 55.7 Å². The SMILES string of the molecule is C=C1CCn2c(cc(OCC3CCCO3)nc2=O)/C1=C/C=C(\C)CCNC. The molecule has 1 fully saturated rings. The number of fused-ring (bicyclic) bond motifs is 1. The van der Waals surface area contributed by atoms with Crippen LogP contribution >= 0.6 is 0 Å². The average Bonchev–Trinajstić information content (AvgIpc) is 3.17. The molecule has 3 rings (SSSR count). The topological polar surface area (TPSA) is 65.4 Å². The van der Waals surface area contributed by atoms with Gasteiger partial charge in [-0.25, -0.2) is 4.79 Å². The van der Waals surface area contributed by atoms with Gasteiger partial charge in [0.2, 0.25) is 5.88 Å². The fourth-order valence-corrected chi connectivity index (χ4v) is 3.35. The van der Waals surface area contributed by atoms with Crippen molar-refractivity contribution in [3.63, 3.8) is 0 Å². The predicted molar refractivity (Wildman–Crippen MR) is 107 cm³/mol. The minimum atomic E-state index is -0.274. The summed E-state index contributed by atoms with van der Waals surface area (Å²) in [6.07, 6.45) is 8.02. The van der Waals surface area contributed by atoms with Crippen LogP contribution in [0.5, 0.6) is 5.88 Å². The quantitative estimate of drug-likeness (QED) is 0.798. The van der Waals surface area contributed by atoms with Gasteiger partial charge in [0, 0.05) is 24.8 Å². The smallest absolute Gasteiger partial charge is 0.351 e.